The van der Waals surface area contributed by atoms with Crippen LogP contribution in [0.3, 0.4) is 0 Å². The molecule has 0 N–H and O–H groups in total. The number of alkyl halides is 1. The van der Waals surface area contributed by atoms with E-state index in [0.717, 1.165) is 6.54 Å². The van der Waals surface area contributed by atoms with Crippen LogP contribution >= 0.6 is 11.6 Å². The van der Waals surface area contributed by atoms with Crippen molar-refractivity contribution in [2.75, 3.05) is 12.4 Å². The summed E-state index contributed by atoms with van der Waals surface area (Å²) in [6.45, 7) is 1.54. The lowest BCUT2D eigenvalue weighted by Gasteiger charge is -2.21. The van der Waals surface area contributed by atoms with Gasteiger partial charge in [0.05, 0.1) is 0 Å². The molecule has 1 amide bonds. The number of hydrogen-bond acceptors (Lipinski definition) is 1. The maximum Gasteiger partial charge on any atom is 0.237 e. The van der Waals surface area contributed by atoms with Crippen LogP contribution in [0, 0.1) is 5.92 Å². The molecule has 3 heteroatoms. The van der Waals surface area contributed by atoms with E-state index >= 15 is 0 Å². The molecule has 0 bridgehead atoms. The van der Waals surface area contributed by atoms with Crippen molar-refractivity contribution in [2.24, 2.45) is 5.92 Å². The Morgan fingerprint density at radius 2 is 2.00 bits per heavy atom. The molecule has 1 fully saturated rings. The molecule has 16 heavy (non-hydrogen) atoms. The second-order valence-corrected chi connectivity index (χ2v) is 4.60. The fourth-order valence-electron chi connectivity index (χ4n) is 1.75. The molecule has 1 aromatic rings. The first-order chi connectivity index (χ1) is 7.79. The molecule has 0 saturated heterocycles. The van der Waals surface area contributed by atoms with Crippen LogP contribution in [0.15, 0.2) is 30.3 Å². The molecule has 0 heterocycles. The Hall–Kier alpha value is -1.02. The summed E-state index contributed by atoms with van der Waals surface area (Å²) in [7, 11) is 0. The highest BCUT2D eigenvalue weighted by atomic mass is 35.5. The summed E-state index contributed by atoms with van der Waals surface area (Å²) in [5.74, 6) is 0.827. The molecule has 0 atom stereocenters. The average Bonchev–Trinajstić information content (AvgIpc) is 3.12. The van der Waals surface area contributed by atoms with Gasteiger partial charge >= 0.3 is 0 Å². The molecule has 0 aromatic heterocycles. The third-order valence-electron chi connectivity index (χ3n) is 2.86. The number of carbonyl (C=O) groups is 1. The second-order valence-electron chi connectivity index (χ2n) is 4.34. The fourth-order valence-corrected chi connectivity index (χ4v) is 1.92. The lowest BCUT2D eigenvalue weighted by molar-refractivity contribution is -0.129. The number of hydrogen-bond donors (Lipinski definition) is 0. The van der Waals surface area contributed by atoms with Crippen molar-refractivity contribution < 1.29 is 4.79 Å². The minimum atomic E-state index is 0.0393. The van der Waals surface area contributed by atoms with Crippen LogP contribution in [-0.2, 0) is 11.3 Å². The first-order valence-electron chi connectivity index (χ1n) is 5.67. The Bertz CT molecular complexity index is 348. The molecule has 2 rings (SSSR count). The van der Waals surface area contributed by atoms with Gasteiger partial charge in [0, 0.05) is 13.1 Å². The number of nitrogens with zero attached hydrogens (tertiary/aromatic N) is 1. The largest absolute Gasteiger partial charge is 0.337 e. The van der Waals surface area contributed by atoms with Crippen molar-refractivity contribution in [1.29, 1.82) is 0 Å². The average molecular weight is 238 g/mol. The smallest absolute Gasteiger partial charge is 0.237 e. The van der Waals surface area contributed by atoms with Crippen LogP contribution in [0.4, 0.5) is 0 Å². The van der Waals surface area contributed by atoms with Gasteiger partial charge in [-0.15, -0.1) is 11.6 Å². The maximum atomic E-state index is 11.7. The number of amides is 1. The zero-order valence-corrected chi connectivity index (χ0v) is 9.99. The van der Waals surface area contributed by atoms with E-state index in [9.17, 15) is 4.79 Å². The molecule has 1 aliphatic rings. The van der Waals surface area contributed by atoms with Crippen LogP contribution in [0.25, 0.3) is 0 Å². The van der Waals surface area contributed by atoms with Gasteiger partial charge in [-0.3, -0.25) is 4.79 Å². The fraction of sp³-hybridized carbons (Fsp3) is 0.462. The number of carbonyl (C=O) groups excluding carboxylic acids is 1. The van der Waals surface area contributed by atoms with E-state index < -0.39 is 0 Å². The zero-order chi connectivity index (χ0) is 11.4. The van der Waals surface area contributed by atoms with Crippen molar-refractivity contribution >= 4 is 17.5 Å². The molecule has 0 unspecified atom stereocenters. The Morgan fingerprint density at radius 1 is 1.31 bits per heavy atom. The molecule has 0 radical (unpaired) electrons. The number of rotatable bonds is 5. The molecule has 1 aliphatic carbocycles. The SMILES string of the molecule is O=C(CCl)N(Cc1ccccc1)CC1CC1. The molecule has 0 spiro atoms. The van der Waals surface area contributed by atoms with E-state index in [4.69, 9.17) is 11.6 Å². The van der Waals surface area contributed by atoms with Crippen LogP contribution in [0.1, 0.15) is 18.4 Å². The van der Waals surface area contributed by atoms with E-state index in [2.05, 4.69) is 0 Å². The minimum absolute atomic E-state index is 0.0393. The highest BCUT2D eigenvalue weighted by Crippen LogP contribution is 2.30. The van der Waals surface area contributed by atoms with E-state index in [1.54, 1.807) is 0 Å². The Balaban J connectivity index is 1.98. The third-order valence-corrected chi connectivity index (χ3v) is 3.09. The highest BCUT2D eigenvalue weighted by Gasteiger charge is 2.26. The molecular formula is C13H16ClNO. The predicted octanol–water partition coefficient (Wildman–Crippen LogP) is 2.66. The second kappa shape index (κ2) is 5.35. The topological polar surface area (TPSA) is 20.3 Å². The molecule has 2 nitrogen and oxygen atoms in total. The quantitative estimate of drug-likeness (QED) is 0.721. The normalized spacial score (nSPS) is 14.8. The van der Waals surface area contributed by atoms with Crippen molar-refractivity contribution in [3.63, 3.8) is 0 Å². The molecular weight excluding hydrogens is 222 g/mol. The molecule has 1 aromatic carbocycles. The van der Waals surface area contributed by atoms with E-state index in [1.165, 1.54) is 18.4 Å². The first-order valence-corrected chi connectivity index (χ1v) is 6.20. The van der Waals surface area contributed by atoms with Crippen LogP contribution in [0.5, 0.6) is 0 Å². The van der Waals surface area contributed by atoms with Crippen molar-refractivity contribution in [1.82, 2.24) is 4.90 Å². The van der Waals surface area contributed by atoms with Gasteiger partial charge in [-0.25, -0.2) is 0 Å². The van der Waals surface area contributed by atoms with Gasteiger partial charge in [0.25, 0.3) is 0 Å². The maximum absolute atomic E-state index is 11.7. The van der Waals surface area contributed by atoms with Gasteiger partial charge in [-0.2, -0.15) is 0 Å². The Labute approximate surface area is 101 Å². The number of halogens is 1. The third kappa shape index (κ3) is 3.24. The van der Waals surface area contributed by atoms with Crippen LogP contribution < -0.4 is 0 Å². The Kier molecular flexibility index (Phi) is 3.83. The van der Waals surface area contributed by atoms with Crippen molar-refractivity contribution in [3.05, 3.63) is 35.9 Å². The molecule has 1 saturated carbocycles. The lowest BCUT2D eigenvalue weighted by atomic mass is 10.2. The zero-order valence-electron chi connectivity index (χ0n) is 9.23. The summed E-state index contributed by atoms with van der Waals surface area (Å²) < 4.78 is 0. The summed E-state index contributed by atoms with van der Waals surface area (Å²) in [5.41, 5.74) is 1.17. The van der Waals surface area contributed by atoms with Gasteiger partial charge in [-0.1, -0.05) is 30.3 Å². The van der Waals surface area contributed by atoms with Gasteiger partial charge in [0.15, 0.2) is 0 Å². The van der Waals surface area contributed by atoms with Crippen LogP contribution in [0.2, 0.25) is 0 Å². The van der Waals surface area contributed by atoms with E-state index in [1.807, 2.05) is 35.2 Å². The lowest BCUT2D eigenvalue weighted by Crippen LogP contribution is -2.33. The van der Waals surface area contributed by atoms with Gasteiger partial charge in [0.1, 0.15) is 5.88 Å². The van der Waals surface area contributed by atoms with Gasteiger partial charge in [-0.05, 0) is 24.3 Å². The summed E-state index contributed by atoms with van der Waals surface area (Å²) >= 11 is 5.63. The van der Waals surface area contributed by atoms with Gasteiger partial charge in [0.2, 0.25) is 5.91 Å². The van der Waals surface area contributed by atoms with E-state index in [0.29, 0.717) is 12.5 Å². The standard InChI is InChI=1S/C13H16ClNO/c14-8-13(16)15(10-12-6-7-12)9-11-4-2-1-3-5-11/h1-5,12H,6-10H2. The van der Waals surface area contributed by atoms with Crippen molar-refractivity contribution in [3.8, 4) is 0 Å². The first kappa shape index (κ1) is 11.5. The summed E-state index contributed by atoms with van der Waals surface area (Å²) in [6.07, 6.45) is 2.50. The molecule has 86 valence electrons. The molecule has 0 aliphatic heterocycles. The Morgan fingerprint density at radius 3 is 2.56 bits per heavy atom. The summed E-state index contributed by atoms with van der Waals surface area (Å²) in [4.78, 5) is 13.5. The summed E-state index contributed by atoms with van der Waals surface area (Å²) in [5, 5.41) is 0. The summed E-state index contributed by atoms with van der Waals surface area (Å²) in [6, 6.07) is 10.1. The highest BCUT2D eigenvalue weighted by molar-refractivity contribution is 6.27. The minimum Gasteiger partial charge on any atom is -0.337 e. The van der Waals surface area contributed by atoms with E-state index in [-0.39, 0.29) is 11.8 Å². The van der Waals surface area contributed by atoms with Crippen molar-refractivity contribution in [2.45, 2.75) is 19.4 Å². The number of benzene rings is 1. The predicted molar refractivity (Wildman–Crippen MR) is 65.3 cm³/mol. The van der Waals surface area contributed by atoms with Gasteiger partial charge < -0.3 is 4.90 Å². The van der Waals surface area contributed by atoms with Crippen LogP contribution in [-0.4, -0.2) is 23.2 Å². The monoisotopic (exact) mass is 237 g/mol.